The van der Waals surface area contributed by atoms with E-state index in [0.717, 1.165) is 11.8 Å². The number of hydrogen-bond donors (Lipinski definition) is 2. The van der Waals surface area contributed by atoms with Crippen molar-refractivity contribution in [3.63, 3.8) is 0 Å². The van der Waals surface area contributed by atoms with Crippen LogP contribution in [0.1, 0.15) is 10.4 Å². The van der Waals surface area contributed by atoms with Crippen molar-refractivity contribution in [2.24, 2.45) is 0 Å². The molecular weight excluding hydrogens is 380 g/mol. The number of ketones is 1. The largest absolute Gasteiger partial charge is 0.482 e. The second kappa shape index (κ2) is 7.65. The van der Waals surface area contributed by atoms with Gasteiger partial charge in [-0.25, -0.2) is 0 Å². The third-order valence-electron chi connectivity index (χ3n) is 4.00. The number of rotatable bonds is 5. The van der Waals surface area contributed by atoms with Crippen LogP contribution < -0.4 is 15.6 Å². The van der Waals surface area contributed by atoms with Gasteiger partial charge in [0.2, 0.25) is 0 Å². The third kappa shape index (κ3) is 3.79. The molecule has 0 fully saturated rings. The lowest BCUT2D eigenvalue weighted by atomic mass is 10.1. The molecule has 0 spiro atoms. The molecule has 0 atom stereocenters. The molecule has 2 aromatic carbocycles. The van der Waals surface area contributed by atoms with Crippen molar-refractivity contribution in [3.05, 3.63) is 64.4 Å². The number of fused-ring (bicyclic) bond motifs is 1. The molecule has 140 valence electrons. The normalized spacial score (nSPS) is 12.6. The van der Waals surface area contributed by atoms with Gasteiger partial charge in [0.15, 0.2) is 23.2 Å². The molecule has 28 heavy (non-hydrogen) atoms. The molecule has 0 bridgehead atoms. The maximum atomic E-state index is 12.4. The zero-order valence-corrected chi connectivity index (χ0v) is 15.3. The van der Waals surface area contributed by atoms with Gasteiger partial charge in [-0.3, -0.25) is 19.4 Å². The zero-order valence-electron chi connectivity index (χ0n) is 14.5. The van der Waals surface area contributed by atoms with Crippen molar-refractivity contribution < 1.29 is 14.3 Å². The average molecular weight is 394 g/mol. The molecule has 0 radical (unpaired) electrons. The van der Waals surface area contributed by atoms with E-state index >= 15 is 0 Å². The lowest BCUT2D eigenvalue weighted by Gasteiger charge is -2.18. The molecule has 2 heterocycles. The van der Waals surface area contributed by atoms with E-state index < -0.39 is 0 Å². The minimum atomic E-state index is -0.371. The van der Waals surface area contributed by atoms with Gasteiger partial charge >= 0.3 is 0 Å². The lowest BCUT2D eigenvalue weighted by Crippen LogP contribution is -2.25. The molecule has 1 aromatic heterocycles. The number of nitrogens with one attached hydrogen (secondary N) is 2. The summed E-state index contributed by atoms with van der Waals surface area (Å²) < 4.78 is 5.27. The quantitative estimate of drug-likeness (QED) is 0.503. The number of ether oxygens (including phenoxy) is 1. The van der Waals surface area contributed by atoms with Gasteiger partial charge in [0.05, 0.1) is 11.4 Å². The molecule has 1 aliphatic heterocycles. The standard InChI is InChI=1S/C19H14N4O4S/c24-14(12-6-7-15-13(8-12)20-16(25)9-27-15)10-28-19-21-18(26)17(22-23-19)11-4-2-1-3-5-11/h1-8H,9-10H2,(H,20,25)(H,21,23,26). The molecule has 2 N–H and O–H groups in total. The number of benzene rings is 2. The summed E-state index contributed by atoms with van der Waals surface area (Å²) in [5.74, 6) is 0.138. The highest BCUT2D eigenvalue weighted by molar-refractivity contribution is 7.99. The maximum Gasteiger partial charge on any atom is 0.278 e. The number of thioether (sulfide) groups is 1. The van der Waals surface area contributed by atoms with Crippen LogP contribution >= 0.6 is 11.8 Å². The second-order valence-electron chi connectivity index (χ2n) is 5.93. The van der Waals surface area contributed by atoms with Crippen molar-refractivity contribution >= 4 is 29.1 Å². The smallest absolute Gasteiger partial charge is 0.278 e. The summed E-state index contributed by atoms with van der Waals surface area (Å²) in [7, 11) is 0. The van der Waals surface area contributed by atoms with E-state index in [-0.39, 0.29) is 40.5 Å². The number of aromatic amines is 1. The second-order valence-corrected chi connectivity index (χ2v) is 6.90. The lowest BCUT2D eigenvalue weighted by molar-refractivity contribution is -0.118. The number of Topliss-reactive ketones (excluding diaryl/α,β-unsaturated/α-hetero) is 1. The van der Waals surface area contributed by atoms with E-state index in [0.29, 0.717) is 22.6 Å². The van der Waals surface area contributed by atoms with Gasteiger partial charge in [0.1, 0.15) is 5.75 Å². The Morgan fingerprint density at radius 2 is 1.93 bits per heavy atom. The Hall–Kier alpha value is -3.46. The molecule has 9 heteroatoms. The van der Waals surface area contributed by atoms with E-state index in [9.17, 15) is 14.4 Å². The van der Waals surface area contributed by atoms with Gasteiger partial charge in [-0.05, 0) is 18.2 Å². The minimum Gasteiger partial charge on any atom is -0.482 e. The SMILES string of the molecule is O=C1COc2ccc(C(=O)CSc3nnc(-c4ccccc4)c(=O)[nH]3)cc2N1. The van der Waals surface area contributed by atoms with Crippen molar-refractivity contribution in [1.29, 1.82) is 0 Å². The molecule has 0 saturated carbocycles. The van der Waals surface area contributed by atoms with Crippen LogP contribution in [-0.2, 0) is 4.79 Å². The first-order valence-corrected chi connectivity index (χ1v) is 9.34. The number of hydrogen-bond acceptors (Lipinski definition) is 7. The van der Waals surface area contributed by atoms with Crippen molar-refractivity contribution in [1.82, 2.24) is 15.2 Å². The van der Waals surface area contributed by atoms with Crippen LogP contribution in [0, 0.1) is 0 Å². The molecule has 1 amide bonds. The summed E-state index contributed by atoms with van der Waals surface area (Å²) in [6, 6.07) is 13.9. The zero-order chi connectivity index (χ0) is 19.5. The molecule has 8 nitrogen and oxygen atoms in total. The molecule has 0 unspecified atom stereocenters. The van der Waals surface area contributed by atoms with Crippen LogP contribution in [0.3, 0.4) is 0 Å². The van der Waals surface area contributed by atoms with Gasteiger partial charge in [-0.15, -0.1) is 10.2 Å². The fraction of sp³-hybridized carbons (Fsp3) is 0.105. The van der Waals surface area contributed by atoms with E-state index in [1.165, 1.54) is 0 Å². The minimum absolute atomic E-state index is 0.0405. The maximum absolute atomic E-state index is 12.4. The van der Waals surface area contributed by atoms with Crippen LogP contribution in [0.4, 0.5) is 5.69 Å². The summed E-state index contributed by atoms with van der Waals surface area (Å²) >= 11 is 1.08. The Bertz CT molecular complexity index is 1110. The third-order valence-corrected chi connectivity index (χ3v) is 4.86. The van der Waals surface area contributed by atoms with Gasteiger partial charge in [0.25, 0.3) is 11.5 Å². The predicted molar refractivity (Wildman–Crippen MR) is 104 cm³/mol. The van der Waals surface area contributed by atoms with E-state index in [2.05, 4.69) is 20.5 Å². The number of amides is 1. The first-order valence-electron chi connectivity index (χ1n) is 8.35. The molecule has 1 aliphatic rings. The monoisotopic (exact) mass is 394 g/mol. The Balaban J connectivity index is 1.45. The highest BCUT2D eigenvalue weighted by Crippen LogP contribution is 2.29. The summed E-state index contributed by atoms with van der Waals surface area (Å²) in [5, 5.41) is 10.9. The number of aromatic nitrogens is 3. The molecular formula is C19H14N4O4S. The van der Waals surface area contributed by atoms with Gasteiger partial charge in [-0.2, -0.15) is 0 Å². The number of H-pyrrole nitrogens is 1. The summed E-state index contributed by atoms with van der Waals surface area (Å²) in [6.07, 6.45) is 0. The number of anilines is 1. The summed E-state index contributed by atoms with van der Waals surface area (Å²) in [6.45, 7) is -0.0405. The van der Waals surface area contributed by atoms with Crippen LogP contribution in [-0.4, -0.2) is 39.2 Å². The van der Waals surface area contributed by atoms with Crippen LogP contribution in [0.25, 0.3) is 11.3 Å². The van der Waals surface area contributed by atoms with E-state index in [1.807, 2.05) is 18.2 Å². The van der Waals surface area contributed by atoms with E-state index in [4.69, 9.17) is 4.74 Å². The molecule has 3 aromatic rings. The number of nitrogens with zero attached hydrogens (tertiary/aromatic N) is 2. The van der Waals surface area contributed by atoms with E-state index in [1.54, 1.807) is 30.3 Å². The molecule has 4 rings (SSSR count). The average Bonchev–Trinajstić information content (AvgIpc) is 2.72. The fourth-order valence-electron chi connectivity index (χ4n) is 2.65. The highest BCUT2D eigenvalue weighted by Gasteiger charge is 2.18. The van der Waals surface area contributed by atoms with Crippen LogP contribution in [0.5, 0.6) is 5.75 Å². The van der Waals surface area contributed by atoms with Gasteiger partial charge in [0, 0.05) is 11.1 Å². The summed E-state index contributed by atoms with van der Waals surface area (Å²) in [4.78, 5) is 38.7. The van der Waals surface area contributed by atoms with Gasteiger partial charge < -0.3 is 10.1 Å². The topological polar surface area (TPSA) is 114 Å². The number of carbonyl (C=O) groups is 2. The Morgan fingerprint density at radius 1 is 1.11 bits per heavy atom. The Labute approximate surface area is 163 Å². The first-order chi connectivity index (χ1) is 13.6. The van der Waals surface area contributed by atoms with Crippen LogP contribution in [0.15, 0.2) is 58.5 Å². The molecule has 0 saturated heterocycles. The summed E-state index contributed by atoms with van der Waals surface area (Å²) in [5.41, 5.74) is 1.41. The van der Waals surface area contributed by atoms with Crippen molar-refractivity contribution in [3.8, 4) is 17.0 Å². The fourth-order valence-corrected chi connectivity index (χ4v) is 3.34. The van der Waals surface area contributed by atoms with Crippen molar-refractivity contribution in [2.75, 3.05) is 17.7 Å². The highest BCUT2D eigenvalue weighted by atomic mass is 32.2. The van der Waals surface area contributed by atoms with Crippen molar-refractivity contribution in [2.45, 2.75) is 5.16 Å². The Kier molecular flexibility index (Phi) is 4.90. The van der Waals surface area contributed by atoms with Gasteiger partial charge in [-0.1, -0.05) is 42.1 Å². The predicted octanol–water partition coefficient (Wildman–Crippen LogP) is 2.14. The van der Waals surface area contributed by atoms with Crippen LogP contribution in [0.2, 0.25) is 0 Å². The first kappa shape index (κ1) is 17.9. The Morgan fingerprint density at radius 3 is 2.71 bits per heavy atom. The number of carbonyl (C=O) groups excluding carboxylic acids is 2. The molecule has 0 aliphatic carbocycles.